The monoisotopic (exact) mass is 261 g/mol. The van der Waals surface area contributed by atoms with Crippen LogP contribution in [-0.2, 0) is 13.1 Å². The Morgan fingerprint density at radius 2 is 2.16 bits per heavy atom. The van der Waals surface area contributed by atoms with Gasteiger partial charge < -0.3 is 5.32 Å². The zero-order valence-electron chi connectivity index (χ0n) is 12.4. The van der Waals surface area contributed by atoms with Crippen molar-refractivity contribution in [1.82, 2.24) is 15.2 Å². The van der Waals surface area contributed by atoms with Crippen LogP contribution in [0.5, 0.6) is 0 Å². The highest BCUT2D eigenvalue weighted by molar-refractivity contribution is 5.14. The van der Waals surface area contributed by atoms with Gasteiger partial charge in [0.15, 0.2) is 0 Å². The van der Waals surface area contributed by atoms with Gasteiger partial charge in [-0.25, -0.2) is 0 Å². The van der Waals surface area contributed by atoms with Gasteiger partial charge in [0.1, 0.15) is 0 Å². The van der Waals surface area contributed by atoms with E-state index in [1.54, 1.807) is 0 Å². The van der Waals surface area contributed by atoms with Crippen molar-refractivity contribution in [2.75, 3.05) is 19.6 Å². The second-order valence-electron chi connectivity index (χ2n) is 5.61. The summed E-state index contributed by atoms with van der Waals surface area (Å²) in [6, 6.07) is 4.38. The lowest BCUT2D eigenvalue weighted by atomic mass is 10.2. The van der Waals surface area contributed by atoms with Crippen LogP contribution in [0.2, 0.25) is 0 Å². The fraction of sp³-hybridized carbons (Fsp3) is 0.688. The third-order valence-electron chi connectivity index (χ3n) is 3.69. The molecule has 1 fully saturated rings. The summed E-state index contributed by atoms with van der Waals surface area (Å²) in [5.74, 6) is 0.956. The van der Waals surface area contributed by atoms with Crippen LogP contribution in [-0.4, -0.2) is 29.5 Å². The minimum atomic E-state index is 0.931. The molecule has 3 heteroatoms. The molecule has 0 bridgehead atoms. The molecule has 2 rings (SSSR count). The average molecular weight is 261 g/mol. The summed E-state index contributed by atoms with van der Waals surface area (Å²) in [7, 11) is 0. The lowest BCUT2D eigenvalue weighted by molar-refractivity contribution is 0.265. The number of nitrogens with one attached hydrogen (secondary N) is 1. The quantitative estimate of drug-likeness (QED) is 0.693. The molecule has 0 spiro atoms. The van der Waals surface area contributed by atoms with E-state index in [1.807, 2.05) is 6.20 Å². The van der Waals surface area contributed by atoms with Crippen LogP contribution in [0, 0.1) is 5.92 Å². The molecule has 1 aliphatic carbocycles. The van der Waals surface area contributed by atoms with Gasteiger partial charge in [0, 0.05) is 25.8 Å². The maximum absolute atomic E-state index is 4.59. The second kappa shape index (κ2) is 7.61. The summed E-state index contributed by atoms with van der Waals surface area (Å²) in [6.07, 6.45) is 6.04. The molecule has 1 aliphatic rings. The predicted molar refractivity (Wildman–Crippen MR) is 79.9 cm³/mol. The first-order chi connectivity index (χ1) is 9.31. The fourth-order valence-corrected chi connectivity index (χ4v) is 2.26. The first-order valence-electron chi connectivity index (χ1n) is 7.68. The van der Waals surface area contributed by atoms with E-state index in [9.17, 15) is 0 Å². The Labute approximate surface area is 117 Å². The average Bonchev–Trinajstić information content (AvgIpc) is 3.24. The molecule has 0 unspecified atom stereocenters. The van der Waals surface area contributed by atoms with Crippen LogP contribution in [0.3, 0.4) is 0 Å². The predicted octanol–water partition coefficient (Wildman–Crippen LogP) is 2.81. The van der Waals surface area contributed by atoms with Gasteiger partial charge in [-0.1, -0.05) is 19.9 Å². The Morgan fingerprint density at radius 1 is 1.32 bits per heavy atom. The van der Waals surface area contributed by atoms with Crippen LogP contribution < -0.4 is 5.32 Å². The van der Waals surface area contributed by atoms with E-state index in [0.717, 1.165) is 32.1 Å². The van der Waals surface area contributed by atoms with Crippen LogP contribution in [0.25, 0.3) is 0 Å². The van der Waals surface area contributed by atoms with Crippen molar-refractivity contribution in [3.05, 3.63) is 29.6 Å². The van der Waals surface area contributed by atoms with Crippen molar-refractivity contribution in [3.63, 3.8) is 0 Å². The third kappa shape index (κ3) is 5.29. The lowest BCUT2D eigenvalue weighted by Crippen LogP contribution is -2.25. The van der Waals surface area contributed by atoms with E-state index in [2.05, 4.69) is 41.2 Å². The lowest BCUT2D eigenvalue weighted by Gasteiger charge is -2.19. The minimum absolute atomic E-state index is 0.931. The number of rotatable bonds is 9. The number of nitrogens with zero attached hydrogens (tertiary/aromatic N) is 2. The van der Waals surface area contributed by atoms with Gasteiger partial charge in [-0.3, -0.25) is 9.88 Å². The highest BCUT2D eigenvalue weighted by Crippen LogP contribution is 2.29. The molecule has 0 aliphatic heterocycles. The second-order valence-corrected chi connectivity index (χ2v) is 5.61. The summed E-state index contributed by atoms with van der Waals surface area (Å²) in [5.41, 5.74) is 2.48. The molecule has 0 amide bonds. The minimum Gasteiger partial charge on any atom is -0.313 e. The van der Waals surface area contributed by atoms with E-state index >= 15 is 0 Å². The van der Waals surface area contributed by atoms with Gasteiger partial charge in [0.05, 0.1) is 5.69 Å². The van der Waals surface area contributed by atoms with Crippen molar-refractivity contribution in [2.24, 2.45) is 5.92 Å². The first kappa shape index (κ1) is 14.5. The van der Waals surface area contributed by atoms with Crippen molar-refractivity contribution in [3.8, 4) is 0 Å². The molecule has 0 radical (unpaired) electrons. The largest absolute Gasteiger partial charge is 0.313 e. The van der Waals surface area contributed by atoms with E-state index < -0.39 is 0 Å². The Hall–Kier alpha value is -0.930. The molecule has 1 N–H and O–H groups in total. The molecule has 1 heterocycles. The van der Waals surface area contributed by atoms with Crippen molar-refractivity contribution in [2.45, 2.75) is 46.2 Å². The summed E-state index contributed by atoms with van der Waals surface area (Å²) >= 11 is 0. The van der Waals surface area contributed by atoms with Gasteiger partial charge in [0.25, 0.3) is 0 Å². The molecule has 106 valence electrons. The highest BCUT2D eigenvalue weighted by atomic mass is 15.1. The number of hydrogen-bond donors (Lipinski definition) is 1. The van der Waals surface area contributed by atoms with E-state index in [-0.39, 0.29) is 0 Å². The molecule has 0 aromatic carbocycles. The van der Waals surface area contributed by atoms with Gasteiger partial charge >= 0.3 is 0 Å². The molecule has 19 heavy (non-hydrogen) atoms. The van der Waals surface area contributed by atoms with E-state index in [4.69, 9.17) is 0 Å². The number of pyridine rings is 1. The fourth-order valence-electron chi connectivity index (χ4n) is 2.26. The molecule has 1 saturated carbocycles. The topological polar surface area (TPSA) is 28.2 Å². The Morgan fingerprint density at radius 3 is 2.74 bits per heavy atom. The zero-order valence-corrected chi connectivity index (χ0v) is 12.4. The van der Waals surface area contributed by atoms with Gasteiger partial charge in [0.2, 0.25) is 0 Å². The standard InChI is InChI=1S/C16H27N3/c1-3-9-17-10-15-7-8-16(18-11-15)13-19(4-2)12-14-5-6-14/h7-8,11,14,17H,3-6,9-10,12-13H2,1-2H3. The zero-order chi connectivity index (χ0) is 13.5. The van der Waals surface area contributed by atoms with E-state index in [0.29, 0.717) is 0 Å². The Balaban J connectivity index is 1.79. The SMILES string of the molecule is CCCNCc1ccc(CN(CC)CC2CC2)nc1. The number of hydrogen-bond acceptors (Lipinski definition) is 3. The van der Waals surface area contributed by atoms with Crippen LogP contribution in [0.15, 0.2) is 18.3 Å². The molecule has 1 aromatic heterocycles. The molecule has 3 nitrogen and oxygen atoms in total. The maximum atomic E-state index is 4.59. The van der Waals surface area contributed by atoms with E-state index in [1.165, 1.54) is 37.1 Å². The molecular weight excluding hydrogens is 234 g/mol. The van der Waals surface area contributed by atoms with Crippen molar-refractivity contribution in [1.29, 1.82) is 0 Å². The molecular formula is C16H27N3. The van der Waals surface area contributed by atoms with Gasteiger partial charge in [-0.2, -0.15) is 0 Å². The van der Waals surface area contributed by atoms with Gasteiger partial charge in [-0.15, -0.1) is 0 Å². The summed E-state index contributed by atoms with van der Waals surface area (Å²) in [4.78, 5) is 7.10. The Kier molecular flexibility index (Phi) is 5.80. The van der Waals surface area contributed by atoms with Crippen LogP contribution >= 0.6 is 0 Å². The normalized spacial score (nSPS) is 15.1. The van der Waals surface area contributed by atoms with Crippen LogP contribution in [0.1, 0.15) is 44.4 Å². The molecule has 0 saturated heterocycles. The maximum Gasteiger partial charge on any atom is 0.0544 e. The van der Waals surface area contributed by atoms with Gasteiger partial charge in [-0.05, 0) is 49.9 Å². The summed E-state index contributed by atoms with van der Waals surface area (Å²) in [6.45, 7) is 9.80. The van der Waals surface area contributed by atoms with Crippen molar-refractivity contribution < 1.29 is 0 Å². The highest BCUT2D eigenvalue weighted by Gasteiger charge is 2.23. The molecule has 1 aromatic rings. The Bertz CT molecular complexity index is 357. The number of aromatic nitrogens is 1. The summed E-state index contributed by atoms with van der Waals surface area (Å²) < 4.78 is 0. The smallest absolute Gasteiger partial charge is 0.0544 e. The van der Waals surface area contributed by atoms with Crippen LogP contribution in [0.4, 0.5) is 0 Å². The molecule has 0 atom stereocenters. The summed E-state index contributed by atoms with van der Waals surface area (Å²) in [5, 5.41) is 3.41. The first-order valence-corrected chi connectivity index (χ1v) is 7.68. The third-order valence-corrected chi connectivity index (χ3v) is 3.69. The van der Waals surface area contributed by atoms with Crippen molar-refractivity contribution >= 4 is 0 Å².